The second kappa shape index (κ2) is 10.2. The van der Waals surface area contributed by atoms with Gasteiger partial charge in [-0.3, -0.25) is 0 Å². The summed E-state index contributed by atoms with van der Waals surface area (Å²) in [5.74, 6) is 1.20. The summed E-state index contributed by atoms with van der Waals surface area (Å²) in [6.45, 7) is 6.16. The molecule has 1 unspecified atom stereocenters. The van der Waals surface area contributed by atoms with Crippen molar-refractivity contribution in [1.82, 2.24) is 14.9 Å². The van der Waals surface area contributed by atoms with Crippen molar-refractivity contribution >= 4 is 40.3 Å². The zero-order valence-corrected chi connectivity index (χ0v) is 19.9. The third-order valence-corrected chi connectivity index (χ3v) is 6.20. The number of aliphatic hydroxyl groups is 1. The fourth-order valence-electron chi connectivity index (χ4n) is 3.74. The predicted molar refractivity (Wildman–Crippen MR) is 136 cm³/mol. The number of aryl methyl sites for hydroxylation is 1. The maximum Gasteiger partial charge on any atom is 0.206 e. The minimum absolute atomic E-state index is 0.549. The molecule has 0 amide bonds. The van der Waals surface area contributed by atoms with Crippen LogP contribution in [0.2, 0.25) is 5.02 Å². The van der Waals surface area contributed by atoms with E-state index in [1.54, 1.807) is 24.1 Å². The fourth-order valence-corrected chi connectivity index (χ4v) is 4.02. The van der Waals surface area contributed by atoms with Gasteiger partial charge >= 0.3 is 0 Å². The van der Waals surface area contributed by atoms with Gasteiger partial charge in [-0.2, -0.15) is 0 Å². The molecule has 3 N–H and O–H groups in total. The largest absolute Gasteiger partial charge is 0.369 e. The lowest BCUT2D eigenvalue weighted by Crippen LogP contribution is -2.44. The number of aliphatic hydroxyl groups excluding tert-OH is 1. The van der Waals surface area contributed by atoms with Gasteiger partial charge in [-0.05, 0) is 49.9 Å². The standard InChI is InChI=1S/C24H30ClN7O/c1-17-5-4-6-20(25)23(17)29-24(33)31(3)22-15-21(26-16-27-22)28-18-7-9-19(10-8-18)32-13-11-30(2)12-14-32/h4-10,15-16,24,29,33H,11-14H2,1-3H3,(H,26,27,28). The molecule has 0 bridgehead atoms. The number of nitrogens with zero attached hydrogens (tertiary/aromatic N) is 5. The maximum atomic E-state index is 10.7. The topological polar surface area (TPSA) is 79.8 Å². The molecule has 9 heteroatoms. The van der Waals surface area contributed by atoms with E-state index in [0.717, 1.165) is 37.4 Å². The Morgan fingerprint density at radius 3 is 2.48 bits per heavy atom. The number of aromatic nitrogens is 2. The van der Waals surface area contributed by atoms with Crippen molar-refractivity contribution in [1.29, 1.82) is 0 Å². The van der Waals surface area contributed by atoms with Crippen LogP contribution in [-0.4, -0.2) is 66.6 Å². The van der Waals surface area contributed by atoms with E-state index >= 15 is 0 Å². The highest BCUT2D eigenvalue weighted by molar-refractivity contribution is 6.33. The van der Waals surface area contributed by atoms with Crippen LogP contribution in [0.15, 0.2) is 54.9 Å². The van der Waals surface area contributed by atoms with Crippen molar-refractivity contribution in [3.63, 3.8) is 0 Å². The molecule has 0 radical (unpaired) electrons. The van der Waals surface area contributed by atoms with E-state index in [1.165, 1.54) is 12.0 Å². The van der Waals surface area contributed by atoms with E-state index < -0.39 is 6.35 Å². The number of rotatable bonds is 7. The molecule has 2 aromatic carbocycles. The third kappa shape index (κ3) is 5.65. The van der Waals surface area contributed by atoms with Crippen LogP contribution in [0.4, 0.5) is 28.7 Å². The maximum absolute atomic E-state index is 10.7. The van der Waals surface area contributed by atoms with E-state index in [2.05, 4.69) is 61.7 Å². The molecule has 174 valence electrons. The molecule has 0 aliphatic carbocycles. The second-order valence-corrected chi connectivity index (χ2v) is 8.69. The van der Waals surface area contributed by atoms with Crippen LogP contribution in [0, 0.1) is 6.92 Å². The zero-order valence-electron chi connectivity index (χ0n) is 19.2. The highest BCUT2D eigenvalue weighted by Gasteiger charge is 2.17. The number of benzene rings is 2. The average molecular weight is 468 g/mol. The van der Waals surface area contributed by atoms with Crippen LogP contribution in [-0.2, 0) is 0 Å². The summed E-state index contributed by atoms with van der Waals surface area (Å²) < 4.78 is 0. The lowest BCUT2D eigenvalue weighted by Gasteiger charge is -2.34. The van der Waals surface area contributed by atoms with Gasteiger partial charge in [0.15, 0.2) is 0 Å². The van der Waals surface area contributed by atoms with Gasteiger partial charge in [-0.25, -0.2) is 9.97 Å². The Hall–Kier alpha value is -3.07. The number of anilines is 5. The quantitative estimate of drug-likeness (QED) is 0.453. The van der Waals surface area contributed by atoms with Gasteiger partial charge in [-0.15, -0.1) is 0 Å². The van der Waals surface area contributed by atoms with Crippen molar-refractivity contribution in [2.75, 3.05) is 60.7 Å². The Bertz CT molecular complexity index is 1050. The van der Waals surface area contributed by atoms with E-state index in [4.69, 9.17) is 11.6 Å². The molecule has 1 fully saturated rings. The molecular weight excluding hydrogens is 438 g/mol. The molecule has 2 heterocycles. The molecule has 1 atom stereocenters. The third-order valence-electron chi connectivity index (χ3n) is 5.88. The van der Waals surface area contributed by atoms with Gasteiger partial charge < -0.3 is 30.4 Å². The Kier molecular flexibility index (Phi) is 7.17. The predicted octanol–water partition coefficient (Wildman–Crippen LogP) is 3.76. The normalized spacial score (nSPS) is 15.2. The van der Waals surface area contributed by atoms with Gasteiger partial charge in [0, 0.05) is 50.7 Å². The Balaban J connectivity index is 1.41. The van der Waals surface area contributed by atoms with Gasteiger partial charge in [-0.1, -0.05) is 23.7 Å². The molecule has 1 saturated heterocycles. The number of hydrogen-bond donors (Lipinski definition) is 3. The Morgan fingerprint density at radius 1 is 1.06 bits per heavy atom. The van der Waals surface area contributed by atoms with Gasteiger partial charge in [0.05, 0.1) is 10.7 Å². The first kappa shape index (κ1) is 23.1. The number of likely N-dealkylation sites (N-methyl/N-ethyl adjacent to an activating group) is 1. The van der Waals surface area contributed by atoms with Crippen molar-refractivity contribution < 1.29 is 5.11 Å². The zero-order chi connectivity index (χ0) is 23.4. The number of halogens is 1. The average Bonchev–Trinajstić information content (AvgIpc) is 2.82. The van der Waals surface area contributed by atoms with Crippen molar-refractivity contribution in [2.45, 2.75) is 13.3 Å². The van der Waals surface area contributed by atoms with E-state index in [9.17, 15) is 5.11 Å². The molecule has 1 aliphatic rings. The molecule has 0 spiro atoms. The number of para-hydroxylation sites is 1. The lowest BCUT2D eigenvalue weighted by atomic mass is 10.2. The van der Waals surface area contributed by atoms with Crippen LogP contribution >= 0.6 is 11.6 Å². The number of nitrogens with one attached hydrogen (secondary N) is 2. The summed E-state index contributed by atoms with van der Waals surface area (Å²) in [5.41, 5.74) is 3.79. The molecule has 1 aromatic heterocycles. The smallest absolute Gasteiger partial charge is 0.206 e. The summed E-state index contributed by atoms with van der Waals surface area (Å²) in [7, 11) is 3.91. The minimum Gasteiger partial charge on any atom is -0.369 e. The van der Waals surface area contributed by atoms with Gasteiger partial charge in [0.1, 0.15) is 18.0 Å². The summed E-state index contributed by atoms with van der Waals surface area (Å²) in [4.78, 5) is 15.0. The number of piperazine rings is 1. The van der Waals surface area contributed by atoms with Gasteiger partial charge in [0.25, 0.3) is 0 Å². The summed E-state index contributed by atoms with van der Waals surface area (Å²) in [6, 6.07) is 15.7. The molecule has 3 aromatic rings. The van der Waals surface area contributed by atoms with Crippen LogP contribution in [0.1, 0.15) is 5.56 Å². The van der Waals surface area contributed by atoms with E-state index in [-0.39, 0.29) is 0 Å². The van der Waals surface area contributed by atoms with Crippen LogP contribution in [0.5, 0.6) is 0 Å². The molecule has 1 aliphatic heterocycles. The SMILES string of the molecule is Cc1cccc(Cl)c1NC(O)N(C)c1cc(Nc2ccc(N3CCN(C)CC3)cc2)ncn1. The van der Waals surface area contributed by atoms with E-state index in [1.807, 2.05) is 19.1 Å². The van der Waals surface area contributed by atoms with Crippen molar-refractivity contribution in [3.05, 3.63) is 65.4 Å². The molecule has 4 rings (SSSR count). The van der Waals surface area contributed by atoms with Crippen molar-refractivity contribution in [2.24, 2.45) is 0 Å². The fraction of sp³-hybridized carbons (Fsp3) is 0.333. The van der Waals surface area contributed by atoms with Gasteiger partial charge in [0.2, 0.25) is 6.35 Å². The second-order valence-electron chi connectivity index (χ2n) is 8.28. The molecule has 8 nitrogen and oxygen atoms in total. The Morgan fingerprint density at radius 2 is 1.79 bits per heavy atom. The van der Waals surface area contributed by atoms with Crippen LogP contribution in [0.25, 0.3) is 0 Å². The highest BCUT2D eigenvalue weighted by Crippen LogP contribution is 2.27. The molecular formula is C24H30ClN7O. The minimum atomic E-state index is -1.02. The van der Waals surface area contributed by atoms with E-state index in [0.29, 0.717) is 22.3 Å². The van der Waals surface area contributed by atoms with Crippen molar-refractivity contribution in [3.8, 4) is 0 Å². The van der Waals surface area contributed by atoms with Crippen LogP contribution in [0.3, 0.4) is 0 Å². The summed E-state index contributed by atoms with van der Waals surface area (Å²) >= 11 is 6.27. The van der Waals surface area contributed by atoms with Crippen LogP contribution < -0.4 is 20.4 Å². The Labute approximate surface area is 199 Å². The first-order valence-electron chi connectivity index (χ1n) is 11.0. The highest BCUT2D eigenvalue weighted by atomic mass is 35.5. The molecule has 0 saturated carbocycles. The first-order valence-corrected chi connectivity index (χ1v) is 11.3. The lowest BCUT2D eigenvalue weighted by molar-refractivity contribution is 0.203. The summed E-state index contributed by atoms with van der Waals surface area (Å²) in [5, 5.41) is 17.6. The first-order chi connectivity index (χ1) is 15.9. The molecule has 33 heavy (non-hydrogen) atoms. The summed E-state index contributed by atoms with van der Waals surface area (Å²) in [6.07, 6.45) is 0.453. The monoisotopic (exact) mass is 467 g/mol. The number of hydrogen-bond acceptors (Lipinski definition) is 8.